The number of benzene rings is 1. The fraction of sp³-hybridized carbons (Fsp3) is 0.125. The first-order valence-corrected chi connectivity index (χ1v) is 4.62. The number of rotatable bonds is 0. The van der Waals surface area contributed by atoms with Crippen molar-refractivity contribution in [3.05, 3.63) is 27.8 Å². The zero-order valence-electron chi connectivity index (χ0n) is 7.25. The monoisotopic (exact) mass is 333 g/mol. The topological polar surface area (TPSA) is 63.3 Å². The van der Waals surface area contributed by atoms with E-state index in [4.69, 9.17) is 15.6 Å². The van der Waals surface area contributed by atoms with E-state index in [-0.39, 0.29) is 0 Å². The van der Waals surface area contributed by atoms with E-state index in [9.17, 15) is 13.2 Å². The molecule has 3 nitrogen and oxygen atoms in total. The second-order valence-electron chi connectivity index (χ2n) is 2.35. The number of nitrogen functional groups attached to an aromatic ring is 1. The summed E-state index contributed by atoms with van der Waals surface area (Å²) >= 11 is 2.24. The molecule has 84 valence electrons. The Morgan fingerprint density at radius 2 is 1.60 bits per heavy atom. The van der Waals surface area contributed by atoms with Crippen LogP contribution >= 0.6 is 22.6 Å². The van der Waals surface area contributed by atoms with Gasteiger partial charge in [0.25, 0.3) is 0 Å². The van der Waals surface area contributed by atoms with Crippen molar-refractivity contribution in [2.24, 2.45) is 0 Å². The molecule has 0 atom stereocenters. The predicted octanol–water partition coefficient (Wildman–Crippen LogP) is 2.51. The Kier molecular flexibility index (Phi) is 5.40. The van der Waals surface area contributed by atoms with Crippen LogP contribution in [0.5, 0.6) is 0 Å². The highest BCUT2D eigenvalue weighted by atomic mass is 127. The van der Waals surface area contributed by atoms with Crippen LogP contribution in [0.1, 0.15) is 0 Å². The largest absolute Gasteiger partial charge is 0.490 e. The van der Waals surface area contributed by atoms with E-state index in [1.165, 1.54) is 3.57 Å². The number of carbonyl (C=O) groups is 1. The SMILES string of the molecule is Nc1ccc(I)cc1.O=C(O)C(F)(F)F. The molecule has 0 amide bonds. The molecule has 0 radical (unpaired) electrons. The fourth-order valence-electron chi connectivity index (χ4n) is 0.463. The van der Waals surface area contributed by atoms with Crippen LogP contribution in [0.4, 0.5) is 18.9 Å². The van der Waals surface area contributed by atoms with Gasteiger partial charge in [0.15, 0.2) is 0 Å². The standard InChI is InChI=1S/C6H6IN.C2HF3O2/c7-5-1-3-6(8)4-2-5;3-2(4,5)1(6)7/h1-4H,8H2;(H,6,7). The van der Waals surface area contributed by atoms with Crippen molar-refractivity contribution in [1.29, 1.82) is 0 Å². The summed E-state index contributed by atoms with van der Waals surface area (Å²) in [5.74, 6) is -2.76. The highest BCUT2D eigenvalue weighted by Gasteiger charge is 2.38. The van der Waals surface area contributed by atoms with Gasteiger partial charge in [0.1, 0.15) is 0 Å². The maximum atomic E-state index is 10.6. The number of nitrogens with two attached hydrogens (primary N) is 1. The minimum atomic E-state index is -5.08. The van der Waals surface area contributed by atoms with E-state index in [1.807, 2.05) is 24.3 Å². The molecule has 1 rings (SSSR count). The Bertz CT molecular complexity index is 303. The minimum Gasteiger partial charge on any atom is -0.475 e. The third-order valence-electron chi connectivity index (χ3n) is 1.11. The van der Waals surface area contributed by atoms with Gasteiger partial charge in [-0.15, -0.1) is 0 Å². The van der Waals surface area contributed by atoms with E-state index in [0.29, 0.717) is 0 Å². The molecule has 1 aromatic rings. The van der Waals surface area contributed by atoms with Crippen molar-refractivity contribution in [2.75, 3.05) is 5.73 Å². The third kappa shape index (κ3) is 7.00. The number of hydrogen-bond acceptors (Lipinski definition) is 2. The number of anilines is 1. The van der Waals surface area contributed by atoms with Gasteiger partial charge in [0.05, 0.1) is 0 Å². The molecule has 0 spiro atoms. The molecule has 0 aromatic heterocycles. The molecule has 0 unspecified atom stereocenters. The lowest BCUT2D eigenvalue weighted by Gasteiger charge is -1.93. The molecule has 0 saturated carbocycles. The molecule has 0 bridgehead atoms. The summed E-state index contributed by atoms with van der Waals surface area (Å²) in [6.45, 7) is 0. The average molecular weight is 333 g/mol. The highest BCUT2D eigenvalue weighted by molar-refractivity contribution is 14.1. The number of aliphatic carboxylic acids is 1. The molecule has 0 heterocycles. The Labute approximate surface area is 97.2 Å². The molecule has 0 saturated heterocycles. The number of alkyl halides is 3. The summed E-state index contributed by atoms with van der Waals surface area (Å²) in [5.41, 5.74) is 6.25. The van der Waals surface area contributed by atoms with Gasteiger partial charge in [-0.1, -0.05) is 0 Å². The van der Waals surface area contributed by atoms with Crippen LogP contribution in [0.2, 0.25) is 0 Å². The zero-order chi connectivity index (χ0) is 12.1. The first kappa shape index (κ1) is 14.0. The van der Waals surface area contributed by atoms with Gasteiger partial charge < -0.3 is 10.8 Å². The third-order valence-corrected chi connectivity index (χ3v) is 1.83. The molecule has 0 fully saturated rings. The number of halogens is 4. The molecule has 1 aromatic carbocycles. The Morgan fingerprint density at radius 1 is 1.27 bits per heavy atom. The summed E-state index contributed by atoms with van der Waals surface area (Å²) in [6, 6.07) is 7.75. The summed E-state index contributed by atoms with van der Waals surface area (Å²) in [7, 11) is 0. The summed E-state index contributed by atoms with van der Waals surface area (Å²) in [6.07, 6.45) is -5.08. The second kappa shape index (κ2) is 5.79. The Hall–Kier alpha value is -0.990. The van der Waals surface area contributed by atoms with Gasteiger partial charge in [-0.05, 0) is 46.9 Å². The summed E-state index contributed by atoms with van der Waals surface area (Å²) < 4.78 is 33.0. The molecule has 7 heteroatoms. The quantitative estimate of drug-likeness (QED) is 0.566. The van der Waals surface area contributed by atoms with E-state index in [0.717, 1.165) is 5.69 Å². The second-order valence-corrected chi connectivity index (χ2v) is 3.60. The normalized spacial score (nSPS) is 10.1. The summed E-state index contributed by atoms with van der Waals surface area (Å²) in [5, 5.41) is 7.12. The van der Waals surface area contributed by atoms with Gasteiger partial charge in [0.2, 0.25) is 0 Å². The average Bonchev–Trinajstić information content (AvgIpc) is 2.09. The van der Waals surface area contributed by atoms with Crippen LogP contribution in [0.3, 0.4) is 0 Å². The van der Waals surface area contributed by atoms with E-state index < -0.39 is 12.1 Å². The lowest BCUT2D eigenvalue weighted by molar-refractivity contribution is -0.192. The van der Waals surface area contributed by atoms with Crippen LogP contribution in [0.15, 0.2) is 24.3 Å². The number of hydrogen-bond donors (Lipinski definition) is 2. The van der Waals surface area contributed by atoms with Crippen molar-refractivity contribution in [3.8, 4) is 0 Å². The van der Waals surface area contributed by atoms with Crippen LogP contribution < -0.4 is 5.73 Å². The van der Waals surface area contributed by atoms with Crippen molar-refractivity contribution in [1.82, 2.24) is 0 Å². The van der Waals surface area contributed by atoms with E-state index in [1.54, 1.807) is 0 Å². The van der Waals surface area contributed by atoms with E-state index >= 15 is 0 Å². The fourth-order valence-corrected chi connectivity index (χ4v) is 0.822. The minimum absolute atomic E-state index is 0.824. The van der Waals surface area contributed by atoms with Crippen LogP contribution in [-0.4, -0.2) is 17.3 Å². The molecule has 0 aliphatic rings. The first-order chi connectivity index (χ1) is 6.73. The van der Waals surface area contributed by atoms with Gasteiger partial charge in [-0.2, -0.15) is 13.2 Å². The molecular formula is C8H7F3INO2. The van der Waals surface area contributed by atoms with Crippen molar-refractivity contribution < 1.29 is 23.1 Å². The van der Waals surface area contributed by atoms with Crippen LogP contribution in [-0.2, 0) is 4.79 Å². The lowest BCUT2D eigenvalue weighted by Crippen LogP contribution is -2.21. The lowest BCUT2D eigenvalue weighted by atomic mass is 10.3. The van der Waals surface area contributed by atoms with Gasteiger partial charge >= 0.3 is 12.1 Å². The van der Waals surface area contributed by atoms with Crippen LogP contribution in [0, 0.1) is 3.57 Å². The molecule has 15 heavy (non-hydrogen) atoms. The van der Waals surface area contributed by atoms with Crippen molar-refractivity contribution in [3.63, 3.8) is 0 Å². The number of carboxylic acid groups (broad SMARTS) is 1. The Morgan fingerprint density at radius 3 is 1.80 bits per heavy atom. The Balaban J connectivity index is 0.000000265. The highest BCUT2D eigenvalue weighted by Crippen LogP contribution is 2.13. The number of carboxylic acids is 1. The van der Waals surface area contributed by atoms with Gasteiger partial charge in [0, 0.05) is 9.26 Å². The van der Waals surface area contributed by atoms with Gasteiger partial charge in [-0.3, -0.25) is 0 Å². The summed E-state index contributed by atoms with van der Waals surface area (Å²) in [4.78, 5) is 8.90. The molecule has 0 aliphatic heterocycles. The van der Waals surface area contributed by atoms with E-state index in [2.05, 4.69) is 22.6 Å². The van der Waals surface area contributed by atoms with Gasteiger partial charge in [-0.25, -0.2) is 4.79 Å². The first-order valence-electron chi connectivity index (χ1n) is 3.54. The maximum absolute atomic E-state index is 10.6. The molecular weight excluding hydrogens is 326 g/mol. The predicted molar refractivity (Wildman–Crippen MR) is 57.3 cm³/mol. The van der Waals surface area contributed by atoms with Crippen molar-refractivity contribution >= 4 is 34.2 Å². The maximum Gasteiger partial charge on any atom is 0.490 e. The molecule has 3 N–H and O–H groups in total. The van der Waals surface area contributed by atoms with Crippen molar-refractivity contribution in [2.45, 2.75) is 6.18 Å². The zero-order valence-corrected chi connectivity index (χ0v) is 9.41. The molecule has 0 aliphatic carbocycles. The smallest absolute Gasteiger partial charge is 0.475 e. The van der Waals surface area contributed by atoms with Crippen LogP contribution in [0.25, 0.3) is 0 Å².